The molecular weight excluding hydrogens is 432 g/mol. The second-order valence-electron chi connectivity index (χ2n) is 8.83. The number of carbonyl (C=O) groups is 1. The molecule has 0 aromatic heterocycles. The number of amides is 1. The Labute approximate surface area is 196 Å². The third-order valence-corrected chi connectivity index (χ3v) is 8.57. The molecule has 3 aromatic carbocycles. The maximum atomic E-state index is 13.4. The molecule has 0 radical (unpaired) electrons. The van der Waals surface area contributed by atoms with Crippen LogP contribution in [0.15, 0.2) is 53.4 Å². The minimum Gasteiger partial charge on any atom is -0.308 e. The second-order valence-corrected chi connectivity index (χ2v) is 10.4. The summed E-state index contributed by atoms with van der Waals surface area (Å²) >= 11 is 0. The first-order chi connectivity index (χ1) is 15.6. The highest BCUT2D eigenvalue weighted by Crippen LogP contribution is 2.34. The van der Waals surface area contributed by atoms with Crippen LogP contribution in [0.5, 0.6) is 0 Å². The Morgan fingerprint density at radius 2 is 1.45 bits per heavy atom. The van der Waals surface area contributed by atoms with Crippen molar-refractivity contribution < 1.29 is 13.2 Å². The van der Waals surface area contributed by atoms with Gasteiger partial charge in [-0.25, -0.2) is 8.42 Å². The maximum Gasteiger partial charge on any atom is 0.262 e. The zero-order valence-electron chi connectivity index (χ0n) is 19.8. The molecule has 1 amide bonds. The van der Waals surface area contributed by atoms with E-state index in [-0.39, 0.29) is 5.91 Å². The number of nitrogens with zero attached hydrogens (tertiary/aromatic N) is 1. The first-order valence-electron chi connectivity index (χ1n) is 11.2. The van der Waals surface area contributed by atoms with Gasteiger partial charge in [0.2, 0.25) is 0 Å². The van der Waals surface area contributed by atoms with Crippen LogP contribution in [0.1, 0.15) is 50.2 Å². The van der Waals surface area contributed by atoms with E-state index in [0.717, 1.165) is 51.9 Å². The SMILES string of the molecule is Cc1c(C)c(C)c(S(=O)(=O)Nc2ccc3c(c2)CCCN3C(=O)c2ccccc2)c(C)c1C. The molecule has 0 unspecified atom stereocenters. The van der Waals surface area contributed by atoms with E-state index in [9.17, 15) is 13.2 Å². The smallest absolute Gasteiger partial charge is 0.262 e. The third kappa shape index (κ3) is 4.15. The molecule has 4 rings (SSSR count). The molecule has 1 aliphatic rings. The lowest BCUT2D eigenvalue weighted by Crippen LogP contribution is -2.35. The van der Waals surface area contributed by atoms with Crippen molar-refractivity contribution >= 4 is 27.3 Å². The van der Waals surface area contributed by atoms with Gasteiger partial charge in [0.05, 0.1) is 4.90 Å². The quantitative estimate of drug-likeness (QED) is 0.547. The Kier molecular flexibility index (Phi) is 6.06. The summed E-state index contributed by atoms with van der Waals surface area (Å²) in [6.07, 6.45) is 1.63. The summed E-state index contributed by atoms with van der Waals surface area (Å²) in [5, 5.41) is 0. The average molecular weight is 463 g/mol. The Morgan fingerprint density at radius 1 is 0.848 bits per heavy atom. The van der Waals surface area contributed by atoms with E-state index in [2.05, 4.69) is 4.72 Å². The van der Waals surface area contributed by atoms with Gasteiger partial charge in [0, 0.05) is 23.5 Å². The minimum absolute atomic E-state index is 0.0401. The molecule has 172 valence electrons. The van der Waals surface area contributed by atoms with E-state index in [1.807, 2.05) is 77.1 Å². The molecule has 33 heavy (non-hydrogen) atoms. The molecule has 0 saturated carbocycles. The molecule has 5 nitrogen and oxygen atoms in total. The monoisotopic (exact) mass is 462 g/mol. The lowest BCUT2D eigenvalue weighted by atomic mass is 9.95. The predicted molar refractivity (Wildman–Crippen MR) is 134 cm³/mol. The number of sulfonamides is 1. The maximum absolute atomic E-state index is 13.4. The van der Waals surface area contributed by atoms with Crippen LogP contribution < -0.4 is 9.62 Å². The van der Waals surface area contributed by atoms with Gasteiger partial charge in [-0.05, 0) is 111 Å². The largest absolute Gasteiger partial charge is 0.308 e. The molecule has 0 bridgehead atoms. The molecule has 0 fully saturated rings. The van der Waals surface area contributed by atoms with E-state index in [1.54, 1.807) is 11.0 Å². The lowest BCUT2D eigenvalue weighted by Gasteiger charge is -2.30. The van der Waals surface area contributed by atoms with Gasteiger partial charge >= 0.3 is 0 Å². The highest BCUT2D eigenvalue weighted by molar-refractivity contribution is 7.92. The van der Waals surface area contributed by atoms with E-state index in [4.69, 9.17) is 0 Å². The van der Waals surface area contributed by atoms with Gasteiger partial charge in [-0.2, -0.15) is 0 Å². The first-order valence-corrected chi connectivity index (χ1v) is 12.7. The molecule has 1 heterocycles. The molecule has 0 spiro atoms. The van der Waals surface area contributed by atoms with Crippen LogP contribution in [0.2, 0.25) is 0 Å². The zero-order chi connectivity index (χ0) is 23.9. The molecule has 0 saturated heterocycles. The van der Waals surface area contributed by atoms with Crippen molar-refractivity contribution in [2.24, 2.45) is 0 Å². The topological polar surface area (TPSA) is 66.5 Å². The lowest BCUT2D eigenvalue weighted by molar-refractivity contribution is 0.0985. The van der Waals surface area contributed by atoms with Crippen LogP contribution in [-0.4, -0.2) is 20.9 Å². The van der Waals surface area contributed by atoms with Crippen LogP contribution in [-0.2, 0) is 16.4 Å². The molecular formula is C27H30N2O3S. The van der Waals surface area contributed by atoms with E-state index in [1.165, 1.54) is 0 Å². The fourth-order valence-electron chi connectivity index (χ4n) is 4.68. The Morgan fingerprint density at radius 3 is 2.09 bits per heavy atom. The van der Waals surface area contributed by atoms with Crippen molar-refractivity contribution in [2.75, 3.05) is 16.2 Å². The molecule has 0 atom stereocenters. The number of anilines is 2. The normalized spacial score (nSPS) is 13.5. The van der Waals surface area contributed by atoms with Gasteiger partial charge in [-0.15, -0.1) is 0 Å². The number of carbonyl (C=O) groups excluding carboxylic acids is 1. The highest BCUT2D eigenvalue weighted by atomic mass is 32.2. The van der Waals surface area contributed by atoms with Crippen LogP contribution in [0.25, 0.3) is 0 Å². The Bertz CT molecular complexity index is 1320. The Balaban J connectivity index is 1.67. The van der Waals surface area contributed by atoms with Gasteiger partial charge in [0.25, 0.3) is 15.9 Å². The van der Waals surface area contributed by atoms with E-state index >= 15 is 0 Å². The summed E-state index contributed by atoms with van der Waals surface area (Å²) in [7, 11) is -3.77. The predicted octanol–water partition coefficient (Wildman–Crippen LogP) is 5.62. The minimum atomic E-state index is -3.77. The van der Waals surface area contributed by atoms with Crippen molar-refractivity contribution in [3.05, 3.63) is 87.5 Å². The molecule has 6 heteroatoms. The average Bonchev–Trinajstić information content (AvgIpc) is 2.80. The molecule has 1 aliphatic heterocycles. The summed E-state index contributed by atoms with van der Waals surface area (Å²) in [5.41, 5.74) is 7.65. The summed E-state index contributed by atoms with van der Waals surface area (Å²) in [6, 6.07) is 14.7. The number of fused-ring (bicyclic) bond motifs is 1. The summed E-state index contributed by atoms with van der Waals surface area (Å²) in [5.74, 6) is -0.0401. The summed E-state index contributed by atoms with van der Waals surface area (Å²) < 4.78 is 29.6. The van der Waals surface area contributed by atoms with Gasteiger partial charge in [-0.1, -0.05) is 18.2 Å². The number of hydrogen-bond donors (Lipinski definition) is 1. The zero-order valence-corrected chi connectivity index (χ0v) is 20.6. The summed E-state index contributed by atoms with van der Waals surface area (Å²) in [4.78, 5) is 15.2. The van der Waals surface area contributed by atoms with E-state index in [0.29, 0.717) is 22.7 Å². The van der Waals surface area contributed by atoms with Crippen molar-refractivity contribution in [2.45, 2.75) is 52.4 Å². The fourth-order valence-corrected chi connectivity index (χ4v) is 6.33. The molecule has 3 aromatic rings. The number of benzene rings is 3. The van der Waals surface area contributed by atoms with Gasteiger partial charge < -0.3 is 4.90 Å². The molecule has 0 aliphatic carbocycles. The van der Waals surface area contributed by atoms with Gasteiger partial charge in [0.1, 0.15) is 0 Å². The number of aryl methyl sites for hydroxylation is 1. The van der Waals surface area contributed by atoms with Crippen LogP contribution >= 0.6 is 0 Å². The van der Waals surface area contributed by atoms with Gasteiger partial charge in [-0.3, -0.25) is 9.52 Å². The third-order valence-electron chi connectivity index (χ3n) is 6.92. The van der Waals surface area contributed by atoms with Crippen molar-refractivity contribution in [1.29, 1.82) is 0 Å². The van der Waals surface area contributed by atoms with Crippen molar-refractivity contribution in [3.8, 4) is 0 Å². The van der Waals surface area contributed by atoms with Gasteiger partial charge in [0.15, 0.2) is 0 Å². The van der Waals surface area contributed by atoms with Crippen LogP contribution in [0.4, 0.5) is 11.4 Å². The number of hydrogen-bond acceptors (Lipinski definition) is 3. The van der Waals surface area contributed by atoms with Crippen LogP contribution in [0.3, 0.4) is 0 Å². The number of nitrogens with one attached hydrogen (secondary N) is 1. The van der Waals surface area contributed by atoms with E-state index < -0.39 is 10.0 Å². The molecule has 1 N–H and O–H groups in total. The number of rotatable bonds is 4. The highest BCUT2D eigenvalue weighted by Gasteiger charge is 2.26. The standard InChI is InChI=1S/C27H30N2O3S/c1-17-18(2)20(4)26(21(5)19(17)3)33(31,32)28-24-13-14-25-23(16-24)12-9-15-29(25)27(30)22-10-7-6-8-11-22/h6-8,10-11,13-14,16,28H,9,12,15H2,1-5H3. The first kappa shape index (κ1) is 23.1. The summed E-state index contributed by atoms with van der Waals surface area (Å²) in [6.45, 7) is 10.3. The second kappa shape index (κ2) is 8.67. The van der Waals surface area contributed by atoms with Crippen molar-refractivity contribution in [3.63, 3.8) is 0 Å². The van der Waals surface area contributed by atoms with Crippen molar-refractivity contribution in [1.82, 2.24) is 0 Å². The Hall–Kier alpha value is -3.12. The fraction of sp³-hybridized carbons (Fsp3) is 0.296. The van der Waals surface area contributed by atoms with Crippen LogP contribution in [0, 0.1) is 34.6 Å².